The number of aryl methyl sites for hydroxylation is 1. The van der Waals surface area contributed by atoms with E-state index in [4.69, 9.17) is 9.47 Å². The standard InChI is InChI=1S/C37H45N3O6/c1-5-45-33(42)22-24-39-26-32(41)40(34(28-16-10-6-11-17-28)29-18-12-7-13-19-29)31-21-20-27(25-30(31)35(39)43)15-9-8-14-23-38-36(44)46-37(2,3)4/h6-7,10-13,16-21,25,34H,5,8-9,14-15,22-24,26H2,1-4H3,(H,38,44). The summed E-state index contributed by atoms with van der Waals surface area (Å²) >= 11 is 0. The number of hydrogen-bond donors (Lipinski definition) is 1. The summed E-state index contributed by atoms with van der Waals surface area (Å²) in [6, 6.07) is 24.9. The zero-order chi connectivity index (χ0) is 33.1. The summed E-state index contributed by atoms with van der Waals surface area (Å²) in [6.45, 7) is 7.90. The summed E-state index contributed by atoms with van der Waals surface area (Å²) in [5, 5.41) is 2.79. The number of carbonyl (C=O) groups excluding carboxylic acids is 4. The second kappa shape index (κ2) is 16.1. The average Bonchev–Trinajstić information content (AvgIpc) is 3.12. The number of ether oxygens (including phenoxy) is 2. The van der Waals surface area contributed by atoms with Crippen LogP contribution in [0.5, 0.6) is 0 Å². The minimum absolute atomic E-state index is 0.0000139. The van der Waals surface area contributed by atoms with Gasteiger partial charge >= 0.3 is 12.1 Å². The van der Waals surface area contributed by atoms with E-state index < -0.39 is 23.7 Å². The van der Waals surface area contributed by atoms with Gasteiger partial charge in [-0.25, -0.2) is 4.79 Å². The Bertz CT molecular complexity index is 1450. The van der Waals surface area contributed by atoms with Crippen molar-refractivity contribution in [1.29, 1.82) is 0 Å². The van der Waals surface area contributed by atoms with Crippen LogP contribution in [0.3, 0.4) is 0 Å². The van der Waals surface area contributed by atoms with Gasteiger partial charge in [0.25, 0.3) is 5.91 Å². The molecule has 3 aromatic carbocycles. The minimum atomic E-state index is -0.538. The maximum Gasteiger partial charge on any atom is 0.407 e. The van der Waals surface area contributed by atoms with Gasteiger partial charge in [0, 0.05) is 13.1 Å². The number of carbonyl (C=O) groups is 4. The van der Waals surface area contributed by atoms with Crippen LogP contribution in [0.25, 0.3) is 0 Å². The molecule has 0 aromatic heterocycles. The van der Waals surface area contributed by atoms with E-state index in [1.54, 1.807) is 11.8 Å². The second-order valence-corrected chi connectivity index (χ2v) is 12.4. The van der Waals surface area contributed by atoms with Gasteiger partial charge in [0.05, 0.1) is 30.3 Å². The van der Waals surface area contributed by atoms with Gasteiger partial charge in [-0.05, 0) is 75.8 Å². The van der Waals surface area contributed by atoms with Crippen LogP contribution in [-0.2, 0) is 25.5 Å². The molecule has 0 spiro atoms. The Morgan fingerprint density at radius 2 is 1.54 bits per heavy atom. The Morgan fingerprint density at radius 1 is 0.891 bits per heavy atom. The molecule has 4 rings (SSSR count). The van der Waals surface area contributed by atoms with Crippen molar-refractivity contribution in [3.8, 4) is 0 Å². The number of nitrogens with one attached hydrogen (secondary N) is 1. The number of nitrogens with zero attached hydrogens (tertiary/aromatic N) is 2. The van der Waals surface area contributed by atoms with E-state index in [9.17, 15) is 19.2 Å². The molecule has 0 saturated carbocycles. The molecule has 0 saturated heterocycles. The van der Waals surface area contributed by atoms with Gasteiger partial charge < -0.3 is 19.7 Å². The molecule has 3 amide bonds. The maximum absolute atomic E-state index is 14.2. The second-order valence-electron chi connectivity index (χ2n) is 12.4. The summed E-state index contributed by atoms with van der Waals surface area (Å²) in [5.74, 6) is -0.942. The monoisotopic (exact) mass is 627 g/mol. The van der Waals surface area contributed by atoms with Crippen LogP contribution in [0, 0.1) is 0 Å². The fraction of sp³-hybridized carbons (Fsp3) is 0.405. The van der Waals surface area contributed by atoms with E-state index in [-0.39, 0.29) is 37.9 Å². The number of alkyl carbamates (subject to hydrolysis) is 1. The number of benzene rings is 3. The highest BCUT2D eigenvalue weighted by Gasteiger charge is 2.37. The van der Waals surface area contributed by atoms with Crippen molar-refractivity contribution < 1.29 is 28.7 Å². The smallest absolute Gasteiger partial charge is 0.407 e. The molecule has 3 aromatic rings. The van der Waals surface area contributed by atoms with E-state index in [2.05, 4.69) is 5.32 Å². The van der Waals surface area contributed by atoms with Crippen molar-refractivity contribution in [2.45, 2.75) is 71.4 Å². The fourth-order valence-corrected chi connectivity index (χ4v) is 5.56. The lowest BCUT2D eigenvalue weighted by Gasteiger charge is -2.33. The van der Waals surface area contributed by atoms with E-state index in [1.165, 1.54) is 4.90 Å². The van der Waals surface area contributed by atoms with E-state index in [0.717, 1.165) is 42.4 Å². The summed E-state index contributed by atoms with van der Waals surface area (Å²) in [4.78, 5) is 55.5. The Hall–Kier alpha value is -4.66. The highest BCUT2D eigenvalue weighted by Crippen LogP contribution is 2.37. The number of rotatable bonds is 13. The van der Waals surface area contributed by atoms with Crippen molar-refractivity contribution in [2.75, 3.05) is 31.1 Å². The first kappa shape index (κ1) is 34.2. The molecular weight excluding hydrogens is 582 g/mol. The molecule has 0 aliphatic carbocycles. The number of anilines is 1. The van der Waals surface area contributed by atoms with Gasteiger partial charge in [0.2, 0.25) is 5.91 Å². The zero-order valence-corrected chi connectivity index (χ0v) is 27.3. The number of fused-ring (bicyclic) bond motifs is 1. The van der Waals surface area contributed by atoms with Crippen LogP contribution in [0.4, 0.5) is 10.5 Å². The molecule has 1 heterocycles. The Labute approximate surface area is 271 Å². The molecule has 244 valence electrons. The van der Waals surface area contributed by atoms with Gasteiger partial charge in [0.1, 0.15) is 12.1 Å². The lowest BCUT2D eigenvalue weighted by Crippen LogP contribution is -2.42. The van der Waals surface area contributed by atoms with Crippen LogP contribution in [0.1, 0.15) is 86.5 Å². The first-order valence-electron chi connectivity index (χ1n) is 16.0. The first-order chi connectivity index (χ1) is 22.1. The lowest BCUT2D eigenvalue weighted by atomic mass is 9.95. The lowest BCUT2D eigenvalue weighted by molar-refractivity contribution is -0.143. The maximum atomic E-state index is 14.2. The minimum Gasteiger partial charge on any atom is -0.466 e. The van der Waals surface area contributed by atoms with Crippen LogP contribution in [0.2, 0.25) is 0 Å². The third kappa shape index (κ3) is 9.42. The molecular formula is C37H45N3O6. The third-order valence-corrected chi connectivity index (χ3v) is 7.62. The summed E-state index contributed by atoms with van der Waals surface area (Å²) in [7, 11) is 0. The normalized spacial score (nSPS) is 13.3. The SMILES string of the molecule is CCOC(=O)CCN1CC(=O)N(C(c2ccccc2)c2ccccc2)c2ccc(CCCCCNC(=O)OC(C)(C)C)cc2C1=O. The highest BCUT2D eigenvalue weighted by atomic mass is 16.6. The van der Waals surface area contributed by atoms with Crippen LogP contribution >= 0.6 is 0 Å². The third-order valence-electron chi connectivity index (χ3n) is 7.62. The number of esters is 1. The topological polar surface area (TPSA) is 105 Å². The Kier molecular flexibility index (Phi) is 11.9. The van der Waals surface area contributed by atoms with Gasteiger partial charge in [-0.1, -0.05) is 73.2 Å². The molecule has 46 heavy (non-hydrogen) atoms. The fourth-order valence-electron chi connectivity index (χ4n) is 5.56. The molecule has 1 aliphatic heterocycles. The van der Waals surface area contributed by atoms with E-state index in [0.29, 0.717) is 17.8 Å². The van der Waals surface area contributed by atoms with E-state index in [1.807, 2.05) is 99.6 Å². The zero-order valence-electron chi connectivity index (χ0n) is 27.3. The van der Waals surface area contributed by atoms with Crippen molar-refractivity contribution in [2.24, 2.45) is 0 Å². The highest BCUT2D eigenvalue weighted by molar-refractivity contribution is 6.10. The molecule has 9 heteroatoms. The van der Waals surface area contributed by atoms with Crippen LogP contribution in [0.15, 0.2) is 78.9 Å². The van der Waals surface area contributed by atoms with Gasteiger partial charge in [-0.15, -0.1) is 0 Å². The molecule has 0 unspecified atom stereocenters. The molecule has 9 nitrogen and oxygen atoms in total. The largest absolute Gasteiger partial charge is 0.466 e. The quantitative estimate of drug-likeness (QED) is 0.172. The molecule has 0 radical (unpaired) electrons. The van der Waals surface area contributed by atoms with Gasteiger partial charge in [0.15, 0.2) is 0 Å². The number of amides is 3. The van der Waals surface area contributed by atoms with E-state index >= 15 is 0 Å². The number of hydrogen-bond acceptors (Lipinski definition) is 6. The van der Waals surface area contributed by atoms with Crippen LogP contribution in [-0.4, -0.2) is 60.6 Å². The van der Waals surface area contributed by atoms with Gasteiger partial charge in [-0.3, -0.25) is 19.3 Å². The summed E-state index contributed by atoms with van der Waals surface area (Å²) < 4.78 is 10.4. The first-order valence-corrected chi connectivity index (χ1v) is 16.0. The predicted molar refractivity (Wildman–Crippen MR) is 178 cm³/mol. The predicted octanol–water partition coefficient (Wildman–Crippen LogP) is 6.46. The molecule has 1 aliphatic rings. The van der Waals surface area contributed by atoms with Crippen molar-refractivity contribution in [1.82, 2.24) is 10.2 Å². The Balaban J connectivity index is 1.59. The van der Waals surface area contributed by atoms with Crippen LogP contribution < -0.4 is 10.2 Å². The van der Waals surface area contributed by atoms with Crippen molar-refractivity contribution >= 4 is 29.6 Å². The molecule has 1 N–H and O–H groups in total. The molecule has 0 bridgehead atoms. The number of unbranched alkanes of at least 4 members (excludes halogenated alkanes) is 2. The summed E-state index contributed by atoms with van der Waals surface area (Å²) in [6.07, 6.45) is 2.83. The molecule has 0 atom stereocenters. The van der Waals surface area contributed by atoms with Crippen molar-refractivity contribution in [3.63, 3.8) is 0 Å². The Morgan fingerprint density at radius 3 is 2.15 bits per heavy atom. The summed E-state index contributed by atoms with van der Waals surface area (Å²) in [5.41, 5.74) is 3.24. The van der Waals surface area contributed by atoms with Gasteiger partial charge in [-0.2, -0.15) is 0 Å². The van der Waals surface area contributed by atoms with Crippen molar-refractivity contribution in [3.05, 3.63) is 101 Å². The molecule has 0 fully saturated rings. The average molecular weight is 628 g/mol.